The first-order valence-corrected chi connectivity index (χ1v) is 7.95. The highest BCUT2D eigenvalue weighted by Gasteiger charge is 2.17. The summed E-state index contributed by atoms with van der Waals surface area (Å²) in [5.74, 6) is 0.447. The van der Waals surface area contributed by atoms with Crippen molar-refractivity contribution in [2.45, 2.75) is 0 Å². The highest BCUT2D eigenvalue weighted by molar-refractivity contribution is 14.1. The van der Waals surface area contributed by atoms with Crippen LogP contribution < -0.4 is 5.73 Å². The van der Waals surface area contributed by atoms with E-state index in [2.05, 4.69) is 32.8 Å². The quantitative estimate of drug-likeness (QED) is 0.547. The first-order valence-electron chi connectivity index (χ1n) is 6.11. The Balaban J connectivity index is 2.21. The molecule has 0 aliphatic carbocycles. The standard InChI is InChI=1S/C15H10Cl2IN3/c16-9-3-1-8(2-4-9)13-14(20-21-15(13)19)11-7-10(17)5-6-12(11)18/h1-7H,(H3,19,20,21). The molecule has 0 atom stereocenters. The number of rotatable bonds is 2. The van der Waals surface area contributed by atoms with Crippen molar-refractivity contribution in [1.82, 2.24) is 10.2 Å². The third-order valence-electron chi connectivity index (χ3n) is 3.12. The van der Waals surface area contributed by atoms with Gasteiger partial charge in [0.15, 0.2) is 5.82 Å². The minimum absolute atomic E-state index is 0.447. The van der Waals surface area contributed by atoms with Crippen LogP contribution >= 0.6 is 45.8 Å². The summed E-state index contributed by atoms with van der Waals surface area (Å²) < 4.78 is 1.07. The summed E-state index contributed by atoms with van der Waals surface area (Å²) >= 11 is 14.3. The van der Waals surface area contributed by atoms with Crippen molar-refractivity contribution < 1.29 is 0 Å². The third kappa shape index (κ3) is 2.88. The van der Waals surface area contributed by atoms with Crippen LogP contribution in [0.15, 0.2) is 42.5 Å². The Morgan fingerprint density at radius 1 is 1.00 bits per heavy atom. The Bertz CT molecular complexity index is 797. The van der Waals surface area contributed by atoms with E-state index in [9.17, 15) is 0 Å². The van der Waals surface area contributed by atoms with E-state index in [1.165, 1.54) is 0 Å². The number of benzene rings is 2. The number of aromatic amines is 1. The Morgan fingerprint density at radius 3 is 2.38 bits per heavy atom. The molecule has 0 fully saturated rings. The highest BCUT2D eigenvalue weighted by Crippen LogP contribution is 2.37. The number of halogens is 3. The Morgan fingerprint density at radius 2 is 1.67 bits per heavy atom. The van der Waals surface area contributed by atoms with E-state index in [1.54, 1.807) is 0 Å². The number of H-pyrrole nitrogens is 1. The third-order valence-corrected chi connectivity index (χ3v) is 4.55. The van der Waals surface area contributed by atoms with Crippen molar-refractivity contribution in [3.63, 3.8) is 0 Å². The summed E-state index contributed by atoms with van der Waals surface area (Å²) in [4.78, 5) is 0. The minimum atomic E-state index is 0.447. The fourth-order valence-corrected chi connectivity index (χ4v) is 3.05. The molecule has 3 rings (SSSR count). The lowest BCUT2D eigenvalue weighted by molar-refractivity contribution is 1.10. The van der Waals surface area contributed by atoms with Gasteiger partial charge in [-0.25, -0.2) is 0 Å². The van der Waals surface area contributed by atoms with Gasteiger partial charge in [0, 0.05) is 19.2 Å². The molecule has 0 spiro atoms. The summed E-state index contributed by atoms with van der Waals surface area (Å²) in [6, 6.07) is 13.2. The fraction of sp³-hybridized carbons (Fsp3) is 0. The zero-order valence-corrected chi connectivity index (χ0v) is 14.4. The van der Waals surface area contributed by atoms with Crippen LogP contribution in [-0.2, 0) is 0 Å². The van der Waals surface area contributed by atoms with Gasteiger partial charge in [-0.1, -0.05) is 35.3 Å². The first-order chi connectivity index (χ1) is 10.1. The molecule has 0 radical (unpaired) electrons. The van der Waals surface area contributed by atoms with Gasteiger partial charge < -0.3 is 5.73 Å². The van der Waals surface area contributed by atoms with Gasteiger partial charge in [0.1, 0.15) is 0 Å². The average Bonchev–Trinajstić information content (AvgIpc) is 2.84. The number of nitrogens with one attached hydrogen (secondary N) is 1. The Hall–Kier alpha value is -1.24. The van der Waals surface area contributed by atoms with Gasteiger partial charge in [0.2, 0.25) is 0 Å². The highest BCUT2D eigenvalue weighted by atomic mass is 127. The van der Waals surface area contributed by atoms with Crippen molar-refractivity contribution in [2.24, 2.45) is 0 Å². The first kappa shape index (κ1) is 14.7. The molecule has 1 heterocycles. The van der Waals surface area contributed by atoms with Crippen LogP contribution in [-0.4, -0.2) is 10.2 Å². The van der Waals surface area contributed by atoms with Gasteiger partial charge in [0.25, 0.3) is 0 Å². The zero-order valence-electron chi connectivity index (χ0n) is 10.7. The van der Waals surface area contributed by atoms with E-state index >= 15 is 0 Å². The van der Waals surface area contributed by atoms with Crippen LogP contribution in [0.2, 0.25) is 10.0 Å². The van der Waals surface area contributed by atoms with Crippen molar-refractivity contribution >= 4 is 51.6 Å². The van der Waals surface area contributed by atoms with Crippen LogP contribution in [0, 0.1) is 3.57 Å². The molecule has 0 saturated heterocycles. The number of aromatic nitrogens is 2. The number of nitrogens with zero attached hydrogens (tertiary/aromatic N) is 1. The maximum atomic E-state index is 6.11. The smallest absolute Gasteiger partial charge is 0.153 e. The van der Waals surface area contributed by atoms with Gasteiger partial charge in [-0.2, -0.15) is 5.10 Å². The second-order valence-corrected chi connectivity index (χ2v) is 6.52. The van der Waals surface area contributed by atoms with Gasteiger partial charge in [-0.05, 0) is 58.5 Å². The molecule has 21 heavy (non-hydrogen) atoms. The maximum Gasteiger partial charge on any atom is 0.153 e. The van der Waals surface area contributed by atoms with Crippen molar-refractivity contribution in [1.29, 1.82) is 0 Å². The van der Waals surface area contributed by atoms with E-state index in [-0.39, 0.29) is 0 Å². The molecule has 0 bridgehead atoms. The lowest BCUT2D eigenvalue weighted by atomic mass is 10.0. The predicted molar refractivity (Wildman–Crippen MR) is 96.6 cm³/mol. The lowest BCUT2D eigenvalue weighted by Gasteiger charge is -2.07. The minimum Gasteiger partial charge on any atom is -0.382 e. The molecule has 2 aromatic carbocycles. The van der Waals surface area contributed by atoms with Crippen LogP contribution in [0.1, 0.15) is 0 Å². The molecule has 6 heteroatoms. The van der Waals surface area contributed by atoms with Crippen LogP contribution in [0.3, 0.4) is 0 Å². The largest absolute Gasteiger partial charge is 0.382 e. The summed E-state index contributed by atoms with van der Waals surface area (Å²) in [7, 11) is 0. The van der Waals surface area contributed by atoms with Crippen LogP contribution in [0.5, 0.6) is 0 Å². The molecule has 3 aromatic rings. The number of nitrogen functional groups attached to an aromatic ring is 1. The van der Waals surface area contributed by atoms with E-state index < -0.39 is 0 Å². The zero-order chi connectivity index (χ0) is 15.0. The van der Waals surface area contributed by atoms with Gasteiger partial charge >= 0.3 is 0 Å². The summed E-state index contributed by atoms with van der Waals surface area (Å²) in [6.45, 7) is 0. The van der Waals surface area contributed by atoms with Gasteiger partial charge in [0.05, 0.1) is 11.3 Å². The van der Waals surface area contributed by atoms with E-state index in [0.717, 1.165) is 26.0 Å². The molecule has 0 amide bonds. The molecule has 0 unspecified atom stereocenters. The SMILES string of the molecule is Nc1n[nH]c(-c2cc(Cl)ccc2I)c1-c1ccc(Cl)cc1. The normalized spacial score (nSPS) is 10.8. The average molecular weight is 430 g/mol. The molecule has 3 nitrogen and oxygen atoms in total. The second kappa shape index (κ2) is 5.87. The Labute approximate surface area is 145 Å². The fourth-order valence-electron chi connectivity index (χ4n) is 2.15. The summed E-state index contributed by atoms with van der Waals surface area (Å²) in [5, 5.41) is 8.48. The van der Waals surface area contributed by atoms with Crippen LogP contribution in [0.4, 0.5) is 5.82 Å². The van der Waals surface area contributed by atoms with E-state index in [1.807, 2.05) is 42.5 Å². The summed E-state index contributed by atoms with van der Waals surface area (Å²) in [6.07, 6.45) is 0. The number of anilines is 1. The molecule has 106 valence electrons. The number of hydrogen-bond donors (Lipinski definition) is 2. The number of hydrogen-bond acceptors (Lipinski definition) is 2. The molecule has 3 N–H and O–H groups in total. The van der Waals surface area contributed by atoms with Crippen molar-refractivity contribution in [3.8, 4) is 22.4 Å². The monoisotopic (exact) mass is 429 g/mol. The molecule has 0 saturated carbocycles. The van der Waals surface area contributed by atoms with Crippen LogP contribution in [0.25, 0.3) is 22.4 Å². The summed E-state index contributed by atoms with van der Waals surface area (Å²) in [5.41, 5.74) is 9.65. The topological polar surface area (TPSA) is 54.7 Å². The molecule has 1 aromatic heterocycles. The maximum absolute atomic E-state index is 6.11. The lowest BCUT2D eigenvalue weighted by Crippen LogP contribution is -1.90. The molecular formula is C15H10Cl2IN3. The predicted octanol–water partition coefficient (Wildman–Crippen LogP) is 5.24. The second-order valence-electron chi connectivity index (χ2n) is 4.49. The number of nitrogens with two attached hydrogens (primary N) is 1. The molecule has 0 aliphatic rings. The Kier molecular flexibility index (Phi) is 4.10. The van der Waals surface area contributed by atoms with Crippen molar-refractivity contribution in [3.05, 3.63) is 56.1 Å². The van der Waals surface area contributed by atoms with E-state index in [0.29, 0.717) is 15.9 Å². The van der Waals surface area contributed by atoms with Gasteiger partial charge in [-0.3, -0.25) is 5.10 Å². The van der Waals surface area contributed by atoms with E-state index in [4.69, 9.17) is 28.9 Å². The molecular weight excluding hydrogens is 420 g/mol. The van der Waals surface area contributed by atoms with Crippen molar-refractivity contribution in [2.75, 3.05) is 5.73 Å². The molecule has 0 aliphatic heterocycles. The van der Waals surface area contributed by atoms with Gasteiger partial charge in [-0.15, -0.1) is 0 Å².